The quantitative estimate of drug-likeness (QED) is 0.808. The number of benzene rings is 2. The second-order valence-corrected chi connectivity index (χ2v) is 4.38. The first-order chi connectivity index (χ1) is 8.79. The lowest BCUT2D eigenvalue weighted by Gasteiger charge is -2.09. The van der Waals surface area contributed by atoms with E-state index in [-0.39, 0.29) is 0 Å². The van der Waals surface area contributed by atoms with Gasteiger partial charge in [-0.15, -0.1) is 0 Å². The lowest BCUT2D eigenvalue weighted by molar-refractivity contribution is 0.307. The highest BCUT2D eigenvalue weighted by Gasteiger charge is 1.99. The van der Waals surface area contributed by atoms with Gasteiger partial charge in [0, 0.05) is 11.3 Å². The molecule has 2 aromatic rings. The Kier molecular flexibility index (Phi) is 4.24. The van der Waals surface area contributed by atoms with Gasteiger partial charge >= 0.3 is 0 Å². The van der Waals surface area contributed by atoms with Gasteiger partial charge < -0.3 is 10.5 Å². The van der Waals surface area contributed by atoms with Crippen molar-refractivity contribution < 1.29 is 4.74 Å². The number of nitrogens with two attached hydrogens (primary N) is 1. The molecule has 0 bridgehead atoms. The molecule has 0 atom stereocenters. The maximum absolute atomic E-state index is 5.87. The Hall–Kier alpha value is -1.96. The first kappa shape index (κ1) is 12.5. The van der Waals surface area contributed by atoms with Crippen LogP contribution in [0.25, 0.3) is 0 Å². The highest BCUT2D eigenvalue weighted by atomic mass is 16.5. The predicted octanol–water partition coefficient (Wildman–Crippen LogP) is 3.80. The zero-order valence-corrected chi connectivity index (χ0v) is 10.7. The van der Waals surface area contributed by atoms with Crippen molar-refractivity contribution in [2.24, 2.45) is 0 Å². The average molecular weight is 241 g/mol. The minimum Gasteiger partial charge on any atom is -0.489 e. The monoisotopic (exact) mass is 241 g/mol. The van der Waals surface area contributed by atoms with Gasteiger partial charge in [0.1, 0.15) is 12.4 Å². The van der Waals surface area contributed by atoms with Crippen molar-refractivity contribution in [3.05, 3.63) is 59.7 Å². The number of rotatable bonds is 5. The summed E-state index contributed by atoms with van der Waals surface area (Å²) in [4.78, 5) is 0. The summed E-state index contributed by atoms with van der Waals surface area (Å²) in [6, 6.07) is 16.1. The number of aryl methyl sites for hydroxylation is 1. The fraction of sp³-hybridized carbons (Fsp3) is 0.250. The summed E-state index contributed by atoms with van der Waals surface area (Å²) in [5, 5.41) is 0. The molecule has 2 heteroatoms. The van der Waals surface area contributed by atoms with Crippen molar-refractivity contribution in [2.45, 2.75) is 26.4 Å². The van der Waals surface area contributed by atoms with E-state index in [0.29, 0.717) is 6.61 Å². The van der Waals surface area contributed by atoms with Crippen LogP contribution in [0.5, 0.6) is 5.75 Å². The van der Waals surface area contributed by atoms with Crippen LogP contribution < -0.4 is 10.5 Å². The zero-order chi connectivity index (χ0) is 12.8. The molecule has 94 valence electrons. The van der Waals surface area contributed by atoms with Crippen LogP contribution in [-0.4, -0.2) is 0 Å². The van der Waals surface area contributed by atoms with E-state index in [1.54, 1.807) is 0 Å². The minimum atomic E-state index is 0.514. The molecule has 2 nitrogen and oxygen atoms in total. The molecule has 0 spiro atoms. The zero-order valence-electron chi connectivity index (χ0n) is 10.7. The molecule has 0 fully saturated rings. The molecule has 0 saturated carbocycles. The first-order valence-corrected chi connectivity index (χ1v) is 6.34. The number of hydrogen-bond donors (Lipinski definition) is 1. The van der Waals surface area contributed by atoms with Crippen LogP contribution in [0, 0.1) is 0 Å². The number of nitrogen functional groups attached to an aromatic ring is 1. The summed E-state index contributed by atoms with van der Waals surface area (Å²) < 4.78 is 5.73. The Morgan fingerprint density at radius 1 is 1.00 bits per heavy atom. The lowest BCUT2D eigenvalue weighted by Crippen LogP contribution is -1.99. The molecule has 2 rings (SSSR count). The van der Waals surface area contributed by atoms with Gasteiger partial charge in [-0.1, -0.05) is 43.7 Å². The first-order valence-electron chi connectivity index (χ1n) is 6.34. The van der Waals surface area contributed by atoms with Crippen molar-refractivity contribution >= 4 is 5.69 Å². The van der Waals surface area contributed by atoms with Crippen molar-refractivity contribution in [1.29, 1.82) is 0 Å². The van der Waals surface area contributed by atoms with Gasteiger partial charge in [0.05, 0.1) is 0 Å². The second-order valence-electron chi connectivity index (χ2n) is 4.38. The van der Waals surface area contributed by atoms with Crippen molar-refractivity contribution in [1.82, 2.24) is 0 Å². The molecule has 0 aromatic heterocycles. The third-order valence-electron chi connectivity index (χ3n) is 2.91. The van der Waals surface area contributed by atoms with E-state index in [1.165, 1.54) is 12.0 Å². The Morgan fingerprint density at radius 2 is 1.72 bits per heavy atom. The number of hydrogen-bond acceptors (Lipinski definition) is 2. The molecule has 2 aromatic carbocycles. The van der Waals surface area contributed by atoms with E-state index >= 15 is 0 Å². The van der Waals surface area contributed by atoms with Crippen LogP contribution in [0.15, 0.2) is 48.5 Å². The summed E-state index contributed by atoms with van der Waals surface area (Å²) in [5.41, 5.74) is 9.02. The van der Waals surface area contributed by atoms with Crippen LogP contribution in [-0.2, 0) is 13.0 Å². The molecule has 0 saturated heterocycles. The van der Waals surface area contributed by atoms with Gasteiger partial charge in [-0.25, -0.2) is 0 Å². The van der Waals surface area contributed by atoms with Gasteiger partial charge in [0.25, 0.3) is 0 Å². The molecule has 18 heavy (non-hydrogen) atoms. The smallest absolute Gasteiger partial charge is 0.119 e. The molecule has 0 amide bonds. The van der Waals surface area contributed by atoms with E-state index in [9.17, 15) is 0 Å². The third kappa shape index (κ3) is 3.27. The highest BCUT2D eigenvalue weighted by molar-refractivity contribution is 5.46. The predicted molar refractivity (Wildman–Crippen MR) is 75.6 cm³/mol. The summed E-state index contributed by atoms with van der Waals surface area (Å²) in [6.45, 7) is 2.70. The number of para-hydroxylation sites is 1. The summed E-state index contributed by atoms with van der Waals surface area (Å²) >= 11 is 0. The molecule has 0 radical (unpaired) electrons. The number of ether oxygens (including phenoxy) is 1. The van der Waals surface area contributed by atoms with Gasteiger partial charge in [0.15, 0.2) is 0 Å². The summed E-state index contributed by atoms with van der Waals surface area (Å²) in [6.07, 6.45) is 2.28. The molecular formula is C16H19NO. The molecular weight excluding hydrogens is 222 g/mol. The standard InChI is InChI=1S/C16H19NO/c1-2-5-13-8-10-15(11-9-13)18-12-14-6-3-4-7-16(14)17/h3-4,6-11H,2,5,12,17H2,1H3. The SMILES string of the molecule is CCCc1ccc(OCc2ccccc2N)cc1. The molecule has 2 N–H and O–H groups in total. The van der Waals surface area contributed by atoms with E-state index in [0.717, 1.165) is 23.4 Å². The van der Waals surface area contributed by atoms with Crippen LogP contribution in [0.4, 0.5) is 5.69 Å². The van der Waals surface area contributed by atoms with E-state index in [1.807, 2.05) is 36.4 Å². The van der Waals surface area contributed by atoms with Crippen LogP contribution in [0.1, 0.15) is 24.5 Å². The van der Waals surface area contributed by atoms with Crippen molar-refractivity contribution in [3.8, 4) is 5.75 Å². The number of anilines is 1. The molecule has 0 unspecified atom stereocenters. The fourth-order valence-corrected chi connectivity index (χ4v) is 1.87. The van der Waals surface area contributed by atoms with Gasteiger partial charge in [-0.2, -0.15) is 0 Å². The van der Waals surface area contributed by atoms with Crippen molar-refractivity contribution in [3.63, 3.8) is 0 Å². The van der Waals surface area contributed by atoms with Gasteiger partial charge in [-0.3, -0.25) is 0 Å². The minimum absolute atomic E-state index is 0.514. The Labute approximate surface area is 108 Å². The maximum Gasteiger partial charge on any atom is 0.119 e. The largest absolute Gasteiger partial charge is 0.489 e. The average Bonchev–Trinajstić information content (AvgIpc) is 2.40. The Bertz CT molecular complexity index is 491. The molecule has 0 heterocycles. The lowest BCUT2D eigenvalue weighted by atomic mass is 10.1. The third-order valence-corrected chi connectivity index (χ3v) is 2.91. The van der Waals surface area contributed by atoms with E-state index in [4.69, 9.17) is 10.5 Å². The topological polar surface area (TPSA) is 35.2 Å². The molecule has 0 aliphatic rings. The second kappa shape index (κ2) is 6.10. The summed E-state index contributed by atoms with van der Waals surface area (Å²) in [7, 11) is 0. The van der Waals surface area contributed by atoms with E-state index < -0.39 is 0 Å². The Morgan fingerprint density at radius 3 is 2.39 bits per heavy atom. The molecule has 0 aliphatic carbocycles. The van der Waals surface area contributed by atoms with Crippen LogP contribution in [0.3, 0.4) is 0 Å². The summed E-state index contributed by atoms with van der Waals surface area (Å²) in [5.74, 6) is 0.887. The fourth-order valence-electron chi connectivity index (χ4n) is 1.87. The van der Waals surface area contributed by atoms with Crippen molar-refractivity contribution in [2.75, 3.05) is 5.73 Å². The van der Waals surface area contributed by atoms with Gasteiger partial charge in [-0.05, 0) is 30.2 Å². The van der Waals surface area contributed by atoms with Crippen LogP contribution in [0.2, 0.25) is 0 Å². The van der Waals surface area contributed by atoms with E-state index in [2.05, 4.69) is 19.1 Å². The Balaban J connectivity index is 1.96. The highest BCUT2D eigenvalue weighted by Crippen LogP contribution is 2.17. The molecule has 0 aliphatic heterocycles. The van der Waals surface area contributed by atoms with Crippen LogP contribution >= 0.6 is 0 Å². The van der Waals surface area contributed by atoms with Gasteiger partial charge in [0.2, 0.25) is 0 Å². The maximum atomic E-state index is 5.87. The normalized spacial score (nSPS) is 10.3.